The molecule has 0 bridgehead atoms. The van der Waals surface area contributed by atoms with Crippen molar-refractivity contribution in [3.63, 3.8) is 0 Å². The number of aromatic amines is 2. The van der Waals surface area contributed by atoms with Crippen LogP contribution in [0.4, 0.5) is 0 Å². The molecule has 0 aliphatic rings. The highest BCUT2D eigenvalue weighted by atomic mass is 35.5. The lowest BCUT2D eigenvalue weighted by molar-refractivity contribution is 0.0697. The Bertz CT molecular complexity index is 572. The molecule has 14 heavy (non-hydrogen) atoms. The number of fused-ring (bicyclic) bond motifs is 1. The monoisotopic (exact) mass is 228 g/mol. The van der Waals surface area contributed by atoms with E-state index < -0.39 is 5.97 Å². The molecule has 6 heteroatoms. The summed E-state index contributed by atoms with van der Waals surface area (Å²) in [6.45, 7) is 0. The number of carbonyl (C=O) groups is 1. The second-order valence-electron chi connectivity index (χ2n) is 2.76. The molecule has 0 saturated heterocycles. The largest absolute Gasteiger partial charge is 0.478 e. The van der Waals surface area contributed by atoms with Gasteiger partial charge in [-0.3, -0.25) is 0 Å². The van der Waals surface area contributed by atoms with Crippen molar-refractivity contribution in [2.75, 3.05) is 0 Å². The molecule has 1 aromatic carbocycles. The van der Waals surface area contributed by atoms with Gasteiger partial charge in [0.1, 0.15) is 0 Å². The fourth-order valence-corrected chi connectivity index (χ4v) is 1.70. The molecule has 72 valence electrons. The normalized spacial score (nSPS) is 10.6. The van der Waals surface area contributed by atoms with Crippen LogP contribution in [0.3, 0.4) is 0 Å². The molecule has 0 radical (unpaired) electrons. The molecule has 0 aliphatic heterocycles. The van der Waals surface area contributed by atoms with Crippen LogP contribution >= 0.6 is 23.8 Å². The Labute approximate surface area is 88.5 Å². The number of H-pyrrole nitrogens is 2. The van der Waals surface area contributed by atoms with Gasteiger partial charge in [-0.25, -0.2) is 4.79 Å². The Morgan fingerprint density at radius 1 is 1.43 bits per heavy atom. The summed E-state index contributed by atoms with van der Waals surface area (Å²) >= 11 is 10.7. The molecule has 3 N–H and O–H groups in total. The topological polar surface area (TPSA) is 68.9 Å². The van der Waals surface area contributed by atoms with Gasteiger partial charge in [-0.1, -0.05) is 11.6 Å². The number of hydrogen-bond donors (Lipinski definition) is 3. The van der Waals surface area contributed by atoms with E-state index in [0.29, 0.717) is 20.8 Å². The Hall–Kier alpha value is -1.33. The molecule has 0 amide bonds. The summed E-state index contributed by atoms with van der Waals surface area (Å²) in [4.78, 5) is 16.3. The third kappa shape index (κ3) is 1.40. The van der Waals surface area contributed by atoms with Gasteiger partial charge >= 0.3 is 5.97 Å². The van der Waals surface area contributed by atoms with Crippen molar-refractivity contribution in [3.8, 4) is 0 Å². The lowest BCUT2D eigenvalue weighted by Crippen LogP contribution is -1.95. The highest BCUT2D eigenvalue weighted by Gasteiger charge is 2.08. The number of carboxylic acid groups (broad SMARTS) is 1. The van der Waals surface area contributed by atoms with Gasteiger partial charge in [0.05, 0.1) is 21.6 Å². The summed E-state index contributed by atoms with van der Waals surface area (Å²) in [6.07, 6.45) is 0. The van der Waals surface area contributed by atoms with E-state index in [1.807, 2.05) is 0 Å². The van der Waals surface area contributed by atoms with Crippen LogP contribution in [0.1, 0.15) is 10.4 Å². The van der Waals surface area contributed by atoms with Gasteiger partial charge in [-0.15, -0.1) is 0 Å². The summed E-state index contributed by atoms with van der Waals surface area (Å²) in [7, 11) is 0. The number of hydrogen-bond acceptors (Lipinski definition) is 2. The molecule has 0 saturated carbocycles. The van der Waals surface area contributed by atoms with Gasteiger partial charge in [-0.2, -0.15) is 0 Å². The zero-order valence-electron chi connectivity index (χ0n) is 6.80. The Kier molecular flexibility index (Phi) is 2.05. The van der Waals surface area contributed by atoms with Gasteiger partial charge in [0.25, 0.3) is 0 Å². The summed E-state index contributed by atoms with van der Waals surface area (Å²) in [6, 6.07) is 2.86. The Balaban J connectivity index is 2.84. The fourth-order valence-electron chi connectivity index (χ4n) is 1.22. The van der Waals surface area contributed by atoms with E-state index >= 15 is 0 Å². The van der Waals surface area contributed by atoms with E-state index in [0.717, 1.165) is 0 Å². The summed E-state index contributed by atoms with van der Waals surface area (Å²) in [5.41, 5.74) is 1.36. The van der Waals surface area contributed by atoms with E-state index in [2.05, 4.69) is 9.97 Å². The van der Waals surface area contributed by atoms with Crippen molar-refractivity contribution in [1.29, 1.82) is 0 Å². The number of benzene rings is 1. The van der Waals surface area contributed by atoms with Crippen LogP contribution < -0.4 is 0 Å². The molecule has 2 rings (SSSR count). The van der Waals surface area contributed by atoms with Crippen molar-refractivity contribution in [3.05, 3.63) is 27.5 Å². The SMILES string of the molecule is O=C(O)c1cc(Cl)c2[nH]c(=S)[nH]c2c1. The highest BCUT2D eigenvalue weighted by Crippen LogP contribution is 2.22. The van der Waals surface area contributed by atoms with E-state index in [1.54, 1.807) is 0 Å². The number of carboxylic acids is 1. The quantitative estimate of drug-likeness (QED) is 0.657. The third-order valence-electron chi connectivity index (χ3n) is 1.82. The van der Waals surface area contributed by atoms with Gasteiger partial charge in [0.2, 0.25) is 0 Å². The minimum Gasteiger partial charge on any atom is -0.478 e. The van der Waals surface area contributed by atoms with E-state index in [9.17, 15) is 4.79 Å². The Morgan fingerprint density at radius 3 is 2.79 bits per heavy atom. The first-order valence-corrected chi connectivity index (χ1v) is 4.51. The van der Waals surface area contributed by atoms with E-state index in [1.165, 1.54) is 12.1 Å². The molecule has 4 nitrogen and oxygen atoms in total. The minimum absolute atomic E-state index is 0.132. The van der Waals surface area contributed by atoms with Crippen LogP contribution in [0.5, 0.6) is 0 Å². The highest BCUT2D eigenvalue weighted by molar-refractivity contribution is 7.71. The average Bonchev–Trinajstić information content (AvgIpc) is 2.45. The first kappa shape index (κ1) is 9.23. The van der Waals surface area contributed by atoms with Crippen molar-refractivity contribution >= 4 is 40.8 Å². The maximum absolute atomic E-state index is 10.7. The lowest BCUT2D eigenvalue weighted by atomic mass is 10.2. The van der Waals surface area contributed by atoms with Gasteiger partial charge in [-0.05, 0) is 24.4 Å². The van der Waals surface area contributed by atoms with Crippen LogP contribution in [0.2, 0.25) is 5.02 Å². The molecule has 1 aromatic heterocycles. The minimum atomic E-state index is -1.02. The van der Waals surface area contributed by atoms with Gasteiger partial charge < -0.3 is 15.1 Å². The first-order chi connectivity index (χ1) is 6.58. The second kappa shape index (κ2) is 3.11. The van der Waals surface area contributed by atoms with Crippen molar-refractivity contribution in [2.45, 2.75) is 0 Å². The number of aromatic carboxylic acids is 1. The van der Waals surface area contributed by atoms with E-state index in [-0.39, 0.29) is 5.56 Å². The standard InChI is InChI=1S/C8H5ClN2O2S/c9-4-1-3(7(12)13)2-5-6(4)11-8(14)10-5/h1-2H,(H,12,13)(H2,10,11,14). The maximum Gasteiger partial charge on any atom is 0.335 e. The predicted molar refractivity (Wildman–Crippen MR) is 55.5 cm³/mol. The molecule has 0 atom stereocenters. The zero-order chi connectivity index (χ0) is 10.3. The molecule has 0 spiro atoms. The summed E-state index contributed by atoms with van der Waals surface area (Å²) in [5, 5.41) is 9.11. The summed E-state index contributed by atoms with van der Waals surface area (Å²) in [5.74, 6) is -1.02. The molecule has 1 heterocycles. The van der Waals surface area contributed by atoms with Crippen molar-refractivity contribution in [1.82, 2.24) is 9.97 Å². The Morgan fingerprint density at radius 2 is 2.14 bits per heavy atom. The lowest BCUT2D eigenvalue weighted by Gasteiger charge is -1.96. The van der Waals surface area contributed by atoms with Crippen LogP contribution in [0.25, 0.3) is 11.0 Å². The van der Waals surface area contributed by atoms with Crippen LogP contribution in [0, 0.1) is 4.77 Å². The van der Waals surface area contributed by atoms with Crippen LogP contribution in [0.15, 0.2) is 12.1 Å². The van der Waals surface area contributed by atoms with E-state index in [4.69, 9.17) is 28.9 Å². The number of imidazole rings is 1. The molecule has 0 aliphatic carbocycles. The maximum atomic E-state index is 10.7. The number of nitrogens with one attached hydrogen (secondary N) is 2. The fraction of sp³-hybridized carbons (Fsp3) is 0. The number of aromatic nitrogens is 2. The third-order valence-corrected chi connectivity index (χ3v) is 2.33. The number of halogens is 1. The van der Waals surface area contributed by atoms with Crippen molar-refractivity contribution < 1.29 is 9.90 Å². The van der Waals surface area contributed by atoms with Crippen LogP contribution in [-0.2, 0) is 0 Å². The number of rotatable bonds is 1. The average molecular weight is 229 g/mol. The first-order valence-electron chi connectivity index (χ1n) is 3.73. The van der Waals surface area contributed by atoms with Crippen LogP contribution in [-0.4, -0.2) is 21.0 Å². The van der Waals surface area contributed by atoms with Crippen molar-refractivity contribution in [2.24, 2.45) is 0 Å². The zero-order valence-corrected chi connectivity index (χ0v) is 8.37. The van der Waals surface area contributed by atoms with Gasteiger partial charge in [0.15, 0.2) is 4.77 Å². The predicted octanol–water partition coefficient (Wildman–Crippen LogP) is 2.58. The molecular weight excluding hydrogens is 224 g/mol. The molecule has 0 unspecified atom stereocenters. The molecule has 0 fully saturated rings. The summed E-state index contributed by atoms with van der Waals surface area (Å²) < 4.78 is 0.421. The smallest absolute Gasteiger partial charge is 0.335 e. The molecule has 2 aromatic rings. The second-order valence-corrected chi connectivity index (χ2v) is 3.58. The molecular formula is C8H5ClN2O2S. The van der Waals surface area contributed by atoms with Gasteiger partial charge in [0, 0.05) is 0 Å².